The minimum Gasteiger partial charge on any atom is -0.492 e. The normalized spacial score (nSPS) is 19.2. The minimum atomic E-state index is -0.499. The van der Waals surface area contributed by atoms with Crippen LogP contribution in [-0.4, -0.2) is 25.6 Å². The lowest BCUT2D eigenvalue weighted by molar-refractivity contribution is 0.0995. The van der Waals surface area contributed by atoms with Gasteiger partial charge in [0.25, 0.3) is 5.91 Å². The van der Waals surface area contributed by atoms with Gasteiger partial charge in [-0.3, -0.25) is 4.79 Å². The second-order valence-electron chi connectivity index (χ2n) is 4.17. The number of halogens is 1. The molecular formula is C12H15ClN2O2. The van der Waals surface area contributed by atoms with Crippen LogP contribution in [0.15, 0.2) is 18.2 Å². The third-order valence-electron chi connectivity index (χ3n) is 2.85. The van der Waals surface area contributed by atoms with Crippen LogP contribution in [0.4, 0.5) is 0 Å². The first kappa shape index (κ1) is 12.2. The SMILES string of the molecule is NC(=O)c1ccc(Cl)cc1OCC1CCNC1. The first-order valence-electron chi connectivity index (χ1n) is 5.59. The summed E-state index contributed by atoms with van der Waals surface area (Å²) in [4.78, 5) is 11.2. The number of nitrogens with one attached hydrogen (secondary N) is 1. The Bertz CT molecular complexity index is 417. The molecule has 92 valence electrons. The van der Waals surface area contributed by atoms with Gasteiger partial charge in [0.1, 0.15) is 5.75 Å². The number of amides is 1. The number of rotatable bonds is 4. The van der Waals surface area contributed by atoms with Crippen molar-refractivity contribution in [2.45, 2.75) is 6.42 Å². The molecule has 0 radical (unpaired) electrons. The van der Waals surface area contributed by atoms with Crippen molar-refractivity contribution < 1.29 is 9.53 Å². The number of carbonyl (C=O) groups is 1. The Labute approximate surface area is 105 Å². The van der Waals surface area contributed by atoms with E-state index in [1.54, 1.807) is 18.2 Å². The van der Waals surface area contributed by atoms with E-state index < -0.39 is 5.91 Å². The molecule has 0 aromatic heterocycles. The van der Waals surface area contributed by atoms with Crippen LogP contribution in [0.2, 0.25) is 5.02 Å². The van der Waals surface area contributed by atoms with E-state index in [2.05, 4.69) is 5.32 Å². The predicted octanol–water partition coefficient (Wildman–Crippen LogP) is 1.43. The highest BCUT2D eigenvalue weighted by Crippen LogP contribution is 2.24. The van der Waals surface area contributed by atoms with Gasteiger partial charge in [-0.25, -0.2) is 0 Å². The van der Waals surface area contributed by atoms with Gasteiger partial charge in [0.2, 0.25) is 0 Å². The monoisotopic (exact) mass is 254 g/mol. The van der Waals surface area contributed by atoms with E-state index in [4.69, 9.17) is 22.1 Å². The Morgan fingerprint density at radius 1 is 1.59 bits per heavy atom. The van der Waals surface area contributed by atoms with Gasteiger partial charge in [-0.05, 0) is 31.2 Å². The van der Waals surface area contributed by atoms with E-state index >= 15 is 0 Å². The summed E-state index contributed by atoms with van der Waals surface area (Å²) in [6.07, 6.45) is 1.09. The van der Waals surface area contributed by atoms with Crippen molar-refractivity contribution in [2.75, 3.05) is 19.7 Å². The number of carbonyl (C=O) groups excluding carboxylic acids is 1. The molecule has 17 heavy (non-hydrogen) atoms. The maximum absolute atomic E-state index is 11.2. The quantitative estimate of drug-likeness (QED) is 0.854. The third-order valence-corrected chi connectivity index (χ3v) is 3.08. The molecule has 1 fully saturated rings. The molecule has 2 rings (SSSR count). The summed E-state index contributed by atoms with van der Waals surface area (Å²) < 4.78 is 5.64. The molecule has 1 aliphatic heterocycles. The molecule has 1 atom stereocenters. The number of hydrogen-bond acceptors (Lipinski definition) is 3. The smallest absolute Gasteiger partial charge is 0.252 e. The molecule has 0 bridgehead atoms. The van der Waals surface area contributed by atoms with Gasteiger partial charge >= 0.3 is 0 Å². The van der Waals surface area contributed by atoms with Crippen LogP contribution in [0.25, 0.3) is 0 Å². The van der Waals surface area contributed by atoms with Gasteiger partial charge in [0, 0.05) is 17.5 Å². The summed E-state index contributed by atoms with van der Waals surface area (Å²) in [6.45, 7) is 2.55. The summed E-state index contributed by atoms with van der Waals surface area (Å²) in [5.41, 5.74) is 5.65. The summed E-state index contributed by atoms with van der Waals surface area (Å²) in [5, 5.41) is 3.80. The molecule has 1 aromatic rings. The fourth-order valence-corrected chi connectivity index (χ4v) is 2.05. The lowest BCUT2D eigenvalue weighted by Gasteiger charge is -2.13. The van der Waals surface area contributed by atoms with E-state index in [1.165, 1.54) is 0 Å². The molecule has 5 heteroatoms. The van der Waals surface area contributed by atoms with Crippen LogP contribution >= 0.6 is 11.6 Å². The van der Waals surface area contributed by atoms with Crippen LogP contribution in [0, 0.1) is 5.92 Å². The Hall–Kier alpha value is -1.26. The molecular weight excluding hydrogens is 240 g/mol. The minimum absolute atomic E-state index is 0.375. The second-order valence-corrected chi connectivity index (χ2v) is 4.61. The van der Waals surface area contributed by atoms with Crippen LogP contribution in [0.1, 0.15) is 16.8 Å². The first-order valence-corrected chi connectivity index (χ1v) is 5.97. The second kappa shape index (κ2) is 5.38. The maximum Gasteiger partial charge on any atom is 0.252 e. The number of ether oxygens (including phenoxy) is 1. The van der Waals surface area contributed by atoms with E-state index in [9.17, 15) is 4.79 Å². The van der Waals surface area contributed by atoms with E-state index in [1.807, 2.05) is 0 Å². The van der Waals surface area contributed by atoms with Gasteiger partial charge in [0.05, 0.1) is 12.2 Å². The predicted molar refractivity (Wildman–Crippen MR) is 66.4 cm³/mol. The van der Waals surface area contributed by atoms with Crippen LogP contribution in [0.5, 0.6) is 5.75 Å². The van der Waals surface area contributed by atoms with Crippen molar-refractivity contribution in [2.24, 2.45) is 11.7 Å². The molecule has 1 saturated heterocycles. The average Bonchev–Trinajstić information content (AvgIpc) is 2.78. The van der Waals surface area contributed by atoms with E-state index in [0.29, 0.717) is 28.9 Å². The standard InChI is InChI=1S/C12H15ClN2O2/c13-9-1-2-10(12(14)16)11(5-9)17-7-8-3-4-15-6-8/h1-2,5,8,15H,3-4,6-7H2,(H2,14,16). The van der Waals surface area contributed by atoms with Crippen molar-refractivity contribution in [3.05, 3.63) is 28.8 Å². The van der Waals surface area contributed by atoms with Crippen molar-refractivity contribution in [3.8, 4) is 5.75 Å². The van der Waals surface area contributed by atoms with Crippen molar-refractivity contribution in [3.63, 3.8) is 0 Å². The first-order chi connectivity index (χ1) is 8.16. The zero-order chi connectivity index (χ0) is 12.3. The Balaban J connectivity index is 2.07. The zero-order valence-electron chi connectivity index (χ0n) is 9.41. The Morgan fingerprint density at radius 3 is 3.06 bits per heavy atom. The van der Waals surface area contributed by atoms with Crippen molar-refractivity contribution in [1.82, 2.24) is 5.32 Å². The lowest BCUT2D eigenvalue weighted by Crippen LogP contribution is -2.18. The molecule has 1 aromatic carbocycles. The summed E-state index contributed by atoms with van der Waals surface area (Å²) in [7, 11) is 0. The summed E-state index contributed by atoms with van der Waals surface area (Å²) >= 11 is 5.87. The summed E-state index contributed by atoms with van der Waals surface area (Å²) in [5.74, 6) is 0.452. The zero-order valence-corrected chi connectivity index (χ0v) is 10.2. The highest BCUT2D eigenvalue weighted by atomic mass is 35.5. The Kier molecular flexibility index (Phi) is 3.86. The van der Waals surface area contributed by atoms with E-state index in [0.717, 1.165) is 19.5 Å². The van der Waals surface area contributed by atoms with Gasteiger partial charge in [-0.1, -0.05) is 11.6 Å². The number of nitrogens with two attached hydrogens (primary N) is 1. The number of hydrogen-bond donors (Lipinski definition) is 2. The van der Waals surface area contributed by atoms with Gasteiger partial charge in [-0.15, -0.1) is 0 Å². The van der Waals surface area contributed by atoms with Gasteiger partial charge in [-0.2, -0.15) is 0 Å². The maximum atomic E-state index is 11.2. The summed E-state index contributed by atoms with van der Waals surface area (Å²) in [6, 6.07) is 4.85. The van der Waals surface area contributed by atoms with Crippen LogP contribution in [-0.2, 0) is 0 Å². The molecule has 1 heterocycles. The molecule has 1 amide bonds. The molecule has 0 saturated carbocycles. The topological polar surface area (TPSA) is 64.4 Å². The third kappa shape index (κ3) is 3.11. The highest BCUT2D eigenvalue weighted by Gasteiger charge is 2.17. The molecule has 0 spiro atoms. The largest absolute Gasteiger partial charge is 0.492 e. The highest BCUT2D eigenvalue weighted by molar-refractivity contribution is 6.30. The lowest BCUT2D eigenvalue weighted by atomic mass is 10.1. The molecule has 1 aliphatic rings. The molecule has 4 nitrogen and oxygen atoms in total. The fourth-order valence-electron chi connectivity index (χ4n) is 1.88. The fraction of sp³-hybridized carbons (Fsp3) is 0.417. The van der Waals surface area contributed by atoms with Crippen LogP contribution in [0.3, 0.4) is 0 Å². The van der Waals surface area contributed by atoms with Crippen molar-refractivity contribution in [1.29, 1.82) is 0 Å². The molecule has 3 N–H and O–H groups in total. The molecule has 0 aliphatic carbocycles. The average molecular weight is 255 g/mol. The van der Waals surface area contributed by atoms with Gasteiger partial charge in [0.15, 0.2) is 0 Å². The van der Waals surface area contributed by atoms with E-state index in [-0.39, 0.29) is 0 Å². The molecule has 1 unspecified atom stereocenters. The van der Waals surface area contributed by atoms with Crippen LogP contribution < -0.4 is 15.8 Å². The van der Waals surface area contributed by atoms with Crippen molar-refractivity contribution >= 4 is 17.5 Å². The Morgan fingerprint density at radius 2 is 2.41 bits per heavy atom. The van der Waals surface area contributed by atoms with Gasteiger partial charge < -0.3 is 15.8 Å². The number of primary amides is 1. The number of benzene rings is 1.